The van der Waals surface area contributed by atoms with Gasteiger partial charge >= 0.3 is 0 Å². The van der Waals surface area contributed by atoms with E-state index >= 15 is 0 Å². The molecule has 0 fully saturated rings. The predicted molar refractivity (Wildman–Crippen MR) is 81.2 cm³/mol. The van der Waals surface area contributed by atoms with Gasteiger partial charge in [0.2, 0.25) is 0 Å². The summed E-state index contributed by atoms with van der Waals surface area (Å²) in [6.45, 7) is 13.2. The molecule has 1 heterocycles. The smallest absolute Gasteiger partial charge is 0.107 e. The summed E-state index contributed by atoms with van der Waals surface area (Å²) in [5.74, 6) is 0. The fraction of sp³-hybridized carbons (Fsp3) is 0.800. The van der Waals surface area contributed by atoms with Crippen LogP contribution in [0, 0.1) is 19.3 Å². The molecule has 0 saturated heterocycles. The second kappa shape index (κ2) is 7.25. The van der Waals surface area contributed by atoms with Crippen LogP contribution in [-0.2, 0) is 6.54 Å². The summed E-state index contributed by atoms with van der Waals surface area (Å²) in [5.41, 5.74) is 1.58. The van der Waals surface area contributed by atoms with Gasteiger partial charge in [-0.2, -0.15) is 0 Å². The maximum atomic E-state index is 4.56. The van der Waals surface area contributed by atoms with Crippen LogP contribution in [0.3, 0.4) is 0 Å². The van der Waals surface area contributed by atoms with Gasteiger partial charge in [-0.3, -0.25) is 0 Å². The zero-order valence-electron chi connectivity index (χ0n) is 12.6. The molecule has 1 aromatic rings. The highest BCUT2D eigenvalue weighted by Gasteiger charge is 2.16. The van der Waals surface area contributed by atoms with Crippen molar-refractivity contribution in [2.75, 3.05) is 6.54 Å². The van der Waals surface area contributed by atoms with Gasteiger partial charge in [0, 0.05) is 18.0 Å². The number of nitrogens with one attached hydrogen (secondary N) is 1. The molecule has 0 bridgehead atoms. The van der Waals surface area contributed by atoms with Gasteiger partial charge in [0.25, 0.3) is 0 Å². The third-order valence-corrected chi connectivity index (χ3v) is 4.48. The van der Waals surface area contributed by atoms with Crippen molar-refractivity contribution in [2.45, 2.75) is 66.8 Å². The summed E-state index contributed by atoms with van der Waals surface area (Å²) >= 11 is 1.81. The number of rotatable bonds is 8. The van der Waals surface area contributed by atoms with Crippen molar-refractivity contribution in [2.24, 2.45) is 5.41 Å². The van der Waals surface area contributed by atoms with E-state index in [-0.39, 0.29) is 0 Å². The molecule has 0 radical (unpaired) electrons. The molecule has 1 aromatic heterocycles. The molecule has 0 aliphatic rings. The van der Waals surface area contributed by atoms with Crippen molar-refractivity contribution in [1.82, 2.24) is 10.3 Å². The van der Waals surface area contributed by atoms with E-state index in [0.29, 0.717) is 5.41 Å². The van der Waals surface area contributed by atoms with Crippen LogP contribution >= 0.6 is 11.3 Å². The minimum atomic E-state index is 0.399. The highest BCUT2D eigenvalue weighted by molar-refractivity contribution is 7.11. The first-order valence-corrected chi connectivity index (χ1v) is 7.90. The maximum absolute atomic E-state index is 4.56. The first-order valence-electron chi connectivity index (χ1n) is 7.08. The average molecular weight is 268 g/mol. The van der Waals surface area contributed by atoms with Crippen molar-refractivity contribution in [1.29, 1.82) is 0 Å². The van der Waals surface area contributed by atoms with E-state index < -0.39 is 0 Å². The molecule has 0 atom stereocenters. The lowest BCUT2D eigenvalue weighted by Gasteiger charge is -2.24. The Morgan fingerprint density at radius 2 is 1.94 bits per heavy atom. The molecular weight excluding hydrogens is 240 g/mol. The van der Waals surface area contributed by atoms with Crippen LogP contribution in [0.15, 0.2) is 0 Å². The van der Waals surface area contributed by atoms with Crippen molar-refractivity contribution >= 4 is 11.3 Å². The molecule has 2 nitrogen and oxygen atoms in total. The first-order chi connectivity index (χ1) is 8.44. The third-order valence-electron chi connectivity index (χ3n) is 3.41. The van der Waals surface area contributed by atoms with Crippen LogP contribution in [0.4, 0.5) is 0 Å². The van der Waals surface area contributed by atoms with E-state index in [9.17, 15) is 0 Å². The topological polar surface area (TPSA) is 24.9 Å². The molecule has 0 saturated carbocycles. The van der Waals surface area contributed by atoms with Crippen LogP contribution in [-0.4, -0.2) is 11.5 Å². The predicted octanol–water partition coefficient (Wildman–Crippen LogP) is 4.46. The fourth-order valence-corrected chi connectivity index (χ4v) is 2.97. The lowest BCUT2D eigenvalue weighted by molar-refractivity contribution is 0.302. The lowest BCUT2D eigenvalue weighted by atomic mass is 9.87. The fourth-order valence-electron chi connectivity index (χ4n) is 2.06. The average Bonchev–Trinajstić information content (AvgIpc) is 2.58. The largest absolute Gasteiger partial charge is 0.310 e. The Morgan fingerprint density at radius 1 is 1.22 bits per heavy atom. The molecule has 3 heteroatoms. The first kappa shape index (κ1) is 15.6. The molecule has 0 aromatic carbocycles. The number of aryl methyl sites for hydroxylation is 2. The summed E-state index contributed by atoms with van der Waals surface area (Å²) in [7, 11) is 0. The van der Waals surface area contributed by atoms with Crippen molar-refractivity contribution < 1.29 is 0 Å². The second-order valence-electron chi connectivity index (χ2n) is 5.97. The van der Waals surface area contributed by atoms with Crippen molar-refractivity contribution in [3.05, 3.63) is 15.6 Å². The Balaban J connectivity index is 2.27. The van der Waals surface area contributed by atoms with E-state index in [1.54, 1.807) is 0 Å². The molecule has 0 aliphatic carbocycles. The molecule has 0 unspecified atom stereocenters. The van der Waals surface area contributed by atoms with Gasteiger partial charge < -0.3 is 5.32 Å². The van der Waals surface area contributed by atoms with E-state index in [4.69, 9.17) is 0 Å². The summed E-state index contributed by atoms with van der Waals surface area (Å²) in [6.07, 6.45) is 5.32. The number of hydrogen-bond acceptors (Lipinski definition) is 3. The lowest BCUT2D eigenvalue weighted by Crippen LogP contribution is -2.29. The van der Waals surface area contributed by atoms with Gasteiger partial charge in [0.05, 0.1) is 5.69 Å². The molecule has 0 spiro atoms. The number of unbranched alkanes of at least 4 members (excludes halogenated alkanes) is 2. The normalized spacial score (nSPS) is 12.1. The van der Waals surface area contributed by atoms with Gasteiger partial charge in [0.15, 0.2) is 0 Å². The van der Waals surface area contributed by atoms with Crippen LogP contribution < -0.4 is 5.32 Å². The van der Waals surface area contributed by atoms with Crippen LogP contribution in [0.1, 0.15) is 62.0 Å². The SMILES string of the molecule is CCCCCC(C)(C)CNCc1nc(C)c(C)s1. The Hall–Kier alpha value is -0.410. The minimum absolute atomic E-state index is 0.399. The molecule has 1 rings (SSSR count). The molecule has 0 aliphatic heterocycles. The molecular formula is C15H28N2S. The quantitative estimate of drug-likeness (QED) is 0.704. The molecule has 0 amide bonds. The van der Waals surface area contributed by atoms with Crippen molar-refractivity contribution in [3.63, 3.8) is 0 Å². The number of aromatic nitrogens is 1. The molecule has 1 N–H and O–H groups in total. The standard InChI is InChI=1S/C15H28N2S/c1-6-7-8-9-15(4,5)11-16-10-14-17-12(2)13(3)18-14/h16H,6-11H2,1-5H3. The number of thiazole rings is 1. The number of nitrogens with zero attached hydrogens (tertiary/aromatic N) is 1. The Labute approximate surface area is 116 Å². The Kier molecular flexibility index (Phi) is 6.30. The van der Waals surface area contributed by atoms with E-state index in [1.807, 2.05) is 11.3 Å². The monoisotopic (exact) mass is 268 g/mol. The maximum Gasteiger partial charge on any atom is 0.107 e. The van der Waals surface area contributed by atoms with Crippen LogP contribution in [0.5, 0.6) is 0 Å². The summed E-state index contributed by atoms with van der Waals surface area (Å²) in [6, 6.07) is 0. The van der Waals surface area contributed by atoms with E-state index in [1.165, 1.54) is 41.3 Å². The molecule has 18 heavy (non-hydrogen) atoms. The summed E-state index contributed by atoms with van der Waals surface area (Å²) in [4.78, 5) is 5.90. The molecule has 104 valence electrons. The summed E-state index contributed by atoms with van der Waals surface area (Å²) < 4.78 is 0. The van der Waals surface area contributed by atoms with Gasteiger partial charge in [-0.1, -0.05) is 40.0 Å². The van der Waals surface area contributed by atoms with Crippen LogP contribution in [0.2, 0.25) is 0 Å². The highest BCUT2D eigenvalue weighted by Crippen LogP contribution is 2.23. The minimum Gasteiger partial charge on any atom is -0.310 e. The highest BCUT2D eigenvalue weighted by atomic mass is 32.1. The van der Waals surface area contributed by atoms with Crippen LogP contribution in [0.25, 0.3) is 0 Å². The third kappa shape index (κ3) is 5.49. The van der Waals surface area contributed by atoms with Gasteiger partial charge in [-0.05, 0) is 25.7 Å². The van der Waals surface area contributed by atoms with Gasteiger partial charge in [-0.25, -0.2) is 4.98 Å². The van der Waals surface area contributed by atoms with E-state index in [2.05, 4.69) is 44.9 Å². The van der Waals surface area contributed by atoms with Crippen molar-refractivity contribution in [3.8, 4) is 0 Å². The zero-order chi connectivity index (χ0) is 13.6. The van der Waals surface area contributed by atoms with Gasteiger partial charge in [-0.15, -0.1) is 11.3 Å². The number of hydrogen-bond donors (Lipinski definition) is 1. The Morgan fingerprint density at radius 3 is 2.50 bits per heavy atom. The zero-order valence-corrected chi connectivity index (χ0v) is 13.4. The second-order valence-corrected chi connectivity index (χ2v) is 7.26. The van der Waals surface area contributed by atoms with Gasteiger partial charge in [0.1, 0.15) is 5.01 Å². The summed E-state index contributed by atoms with van der Waals surface area (Å²) in [5, 5.41) is 4.77. The van der Waals surface area contributed by atoms with E-state index in [0.717, 1.165) is 13.1 Å². The Bertz CT molecular complexity index is 336.